The van der Waals surface area contributed by atoms with Crippen molar-refractivity contribution in [2.75, 3.05) is 0 Å². The van der Waals surface area contributed by atoms with Crippen molar-refractivity contribution in [1.82, 2.24) is 0 Å². The van der Waals surface area contributed by atoms with Gasteiger partial charge in [0.25, 0.3) is 0 Å². The number of aliphatic hydroxyl groups is 2. The van der Waals surface area contributed by atoms with Gasteiger partial charge >= 0.3 is 5.97 Å². The Kier molecular flexibility index (Phi) is 4.54. The number of esters is 1. The number of hydrogen-bond donors (Lipinski definition) is 2. The first-order chi connectivity index (χ1) is 7.07. The Hall–Kier alpha value is -0.610. The molecule has 0 aromatic carbocycles. The van der Waals surface area contributed by atoms with E-state index < -0.39 is 18.2 Å². The van der Waals surface area contributed by atoms with Crippen LogP contribution in [0, 0.1) is 5.92 Å². The second kappa shape index (κ2) is 5.47. The largest absolute Gasteiger partial charge is 0.460 e. The van der Waals surface area contributed by atoms with E-state index in [0.717, 1.165) is 25.7 Å². The Morgan fingerprint density at radius 3 is 2.60 bits per heavy atom. The van der Waals surface area contributed by atoms with Crippen LogP contribution in [0.2, 0.25) is 0 Å². The molecule has 15 heavy (non-hydrogen) atoms. The molecule has 1 fully saturated rings. The van der Waals surface area contributed by atoms with E-state index in [4.69, 9.17) is 4.74 Å². The molecule has 0 aromatic rings. The van der Waals surface area contributed by atoms with Crippen molar-refractivity contribution < 1.29 is 19.7 Å². The van der Waals surface area contributed by atoms with Crippen LogP contribution in [0.25, 0.3) is 0 Å². The number of ether oxygens (including phenoxy) is 1. The van der Waals surface area contributed by atoms with Crippen LogP contribution in [-0.2, 0) is 9.53 Å². The minimum Gasteiger partial charge on any atom is -0.460 e. The maximum atomic E-state index is 11.2. The second-order valence-corrected chi connectivity index (χ2v) is 4.27. The van der Waals surface area contributed by atoms with E-state index in [1.807, 2.05) is 0 Å². The highest BCUT2D eigenvalue weighted by molar-refractivity contribution is 5.76. The lowest BCUT2D eigenvalue weighted by Gasteiger charge is -2.35. The second-order valence-electron chi connectivity index (χ2n) is 4.27. The third-order valence-corrected chi connectivity index (χ3v) is 3.05. The molecule has 4 atom stereocenters. The topological polar surface area (TPSA) is 66.8 Å². The molecule has 1 aliphatic rings. The van der Waals surface area contributed by atoms with Crippen LogP contribution in [0.3, 0.4) is 0 Å². The molecule has 1 heterocycles. The quantitative estimate of drug-likeness (QED) is 0.540. The summed E-state index contributed by atoms with van der Waals surface area (Å²) >= 11 is 0. The number of unbranched alkanes of at least 4 members (excludes halogenated alkanes) is 2. The Labute approximate surface area is 90.2 Å². The van der Waals surface area contributed by atoms with Crippen molar-refractivity contribution in [1.29, 1.82) is 0 Å². The summed E-state index contributed by atoms with van der Waals surface area (Å²) in [4.78, 5) is 11.2. The molecule has 0 unspecified atom stereocenters. The van der Waals surface area contributed by atoms with E-state index in [2.05, 4.69) is 6.92 Å². The summed E-state index contributed by atoms with van der Waals surface area (Å²) in [5.74, 6) is -0.878. The predicted octanol–water partition coefficient (Wildman–Crippen LogP) is 0.850. The highest BCUT2D eigenvalue weighted by Crippen LogP contribution is 2.26. The average Bonchev–Trinajstić information content (AvgIpc) is 2.23. The standard InChI is InChI=1S/C11H20O4/c1-3-4-5-6-8-7(2)9(12)10(13)11(14)15-8/h7-10,12-13H,3-6H2,1-2H3/t7-,8+,9+,10+/m1/s1. The van der Waals surface area contributed by atoms with E-state index in [9.17, 15) is 15.0 Å². The molecule has 88 valence electrons. The third kappa shape index (κ3) is 2.92. The van der Waals surface area contributed by atoms with Gasteiger partial charge in [-0.15, -0.1) is 0 Å². The van der Waals surface area contributed by atoms with Gasteiger partial charge < -0.3 is 14.9 Å². The fourth-order valence-electron chi connectivity index (χ4n) is 1.89. The normalized spacial score (nSPS) is 36.4. The summed E-state index contributed by atoms with van der Waals surface area (Å²) in [5, 5.41) is 18.9. The van der Waals surface area contributed by atoms with Crippen LogP contribution in [0.15, 0.2) is 0 Å². The Morgan fingerprint density at radius 2 is 2.00 bits per heavy atom. The van der Waals surface area contributed by atoms with Crippen molar-refractivity contribution in [3.05, 3.63) is 0 Å². The molecule has 1 rings (SSSR count). The number of hydrogen-bond acceptors (Lipinski definition) is 4. The third-order valence-electron chi connectivity index (χ3n) is 3.05. The van der Waals surface area contributed by atoms with Gasteiger partial charge in [-0.2, -0.15) is 0 Å². The van der Waals surface area contributed by atoms with Crippen LogP contribution in [-0.4, -0.2) is 34.5 Å². The molecular weight excluding hydrogens is 196 g/mol. The number of carbonyl (C=O) groups is 1. The summed E-state index contributed by atoms with van der Waals surface area (Å²) in [6.07, 6.45) is 1.36. The molecule has 0 aromatic heterocycles. The molecule has 0 aliphatic carbocycles. The lowest BCUT2D eigenvalue weighted by molar-refractivity contribution is -0.189. The first-order valence-electron chi connectivity index (χ1n) is 5.64. The average molecular weight is 216 g/mol. The molecule has 4 nitrogen and oxygen atoms in total. The van der Waals surface area contributed by atoms with Gasteiger partial charge in [-0.05, 0) is 12.8 Å². The van der Waals surface area contributed by atoms with Gasteiger partial charge in [-0.1, -0.05) is 26.7 Å². The van der Waals surface area contributed by atoms with E-state index in [0.29, 0.717) is 0 Å². The van der Waals surface area contributed by atoms with Gasteiger partial charge in [0.2, 0.25) is 0 Å². The first kappa shape index (κ1) is 12.5. The number of carbonyl (C=O) groups excluding carboxylic acids is 1. The van der Waals surface area contributed by atoms with Gasteiger partial charge in [0, 0.05) is 5.92 Å². The Balaban J connectivity index is 2.47. The maximum absolute atomic E-state index is 11.2. The molecule has 0 spiro atoms. The van der Waals surface area contributed by atoms with Gasteiger partial charge in [-0.25, -0.2) is 4.79 Å². The highest BCUT2D eigenvalue weighted by atomic mass is 16.6. The lowest BCUT2D eigenvalue weighted by Crippen LogP contribution is -2.51. The van der Waals surface area contributed by atoms with Crippen LogP contribution in [0.1, 0.15) is 39.5 Å². The first-order valence-corrected chi connectivity index (χ1v) is 5.64. The molecule has 1 saturated heterocycles. The molecule has 1 aliphatic heterocycles. The number of cyclic esters (lactones) is 1. The number of aliphatic hydroxyl groups excluding tert-OH is 2. The summed E-state index contributed by atoms with van der Waals surface area (Å²) in [6, 6.07) is 0. The fourth-order valence-corrected chi connectivity index (χ4v) is 1.89. The van der Waals surface area contributed by atoms with E-state index >= 15 is 0 Å². The van der Waals surface area contributed by atoms with E-state index in [1.54, 1.807) is 6.92 Å². The van der Waals surface area contributed by atoms with Gasteiger partial charge in [0.1, 0.15) is 6.10 Å². The maximum Gasteiger partial charge on any atom is 0.337 e. The zero-order valence-electron chi connectivity index (χ0n) is 9.35. The zero-order valence-corrected chi connectivity index (χ0v) is 9.35. The summed E-state index contributed by atoms with van der Waals surface area (Å²) in [5.41, 5.74) is 0. The fraction of sp³-hybridized carbons (Fsp3) is 0.909. The van der Waals surface area contributed by atoms with Crippen molar-refractivity contribution in [2.24, 2.45) is 5.92 Å². The van der Waals surface area contributed by atoms with Crippen LogP contribution >= 0.6 is 0 Å². The van der Waals surface area contributed by atoms with Crippen LogP contribution in [0.5, 0.6) is 0 Å². The SMILES string of the molecule is CCCCC[C@@H]1OC(=O)[C@@H](O)[C@@H](O)[C@@H]1C. The minimum atomic E-state index is -1.37. The van der Waals surface area contributed by atoms with Gasteiger partial charge in [0.15, 0.2) is 6.10 Å². The van der Waals surface area contributed by atoms with Crippen molar-refractivity contribution in [3.8, 4) is 0 Å². The van der Waals surface area contributed by atoms with Gasteiger partial charge in [-0.3, -0.25) is 0 Å². The monoisotopic (exact) mass is 216 g/mol. The lowest BCUT2D eigenvalue weighted by atomic mass is 9.88. The minimum absolute atomic E-state index is 0.186. The molecule has 0 radical (unpaired) electrons. The molecular formula is C11H20O4. The molecule has 0 bridgehead atoms. The van der Waals surface area contributed by atoms with Crippen molar-refractivity contribution >= 4 is 5.97 Å². The molecule has 2 N–H and O–H groups in total. The summed E-state index contributed by atoms with van der Waals surface area (Å²) in [7, 11) is 0. The summed E-state index contributed by atoms with van der Waals surface area (Å²) < 4.78 is 5.08. The molecule has 4 heteroatoms. The van der Waals surface area contributed by atoms with Crippen LogP contribution in [0.4, 0.5) is 0 Å². The van der Waals surface area contributed by atoms with Crippen molar-refractivity contribution in [3.63, 3.8) is 0 Å². The Bertz CT molecular complexity index is 217. The highest BCUT2D eigenvalue weighted by Gasteiger charge is 2.41. The van der Waals surface area contributed by atoms with Crippen LogP contribution < -0.4 is 0 Å². The number of rotatable bonds is 4. The van der Waals surface area contributed by atoms with E-state index in [-0.39, 0.29) is 12.0 Å². The summed E-state index contributed by atoms with van der Waals surface area (Å²) in [6.45, 7) is 3.91. The van der Waals surface area contributed by atoms with Crippen molar-refractivity contribution in [2.45, 2.75) is 57.8 Å². The molecule has 0 saturated carbocycles. The van der Waals surface area contributed by atoms with Gasteiger partial charge in [0.05, 0.1) is 6.10 Å². The van der Waals surface area contributed by atoms with E-state index in [1.165, 1.54) is 0 Å². The molecule has 0 amide bonds. The zero-order chi connectivity index (χ0) is 11.4. The Morgan fingerprint density at radius 1 is 1.33 bits per heavy atom. The smallest absolute Gasteiger partial charge is 0.337 e. The predicted molar refractivity (Wildman–Crippen MR) is 55.2 cm³/mol.